The van der Waals surface area contributed by atoms with Gasteiger partial charge < -0.3 is 9.67 Å². The van der Waals surface area contributed by atoms with Crippen LogP contribution in [0.1, 0.15) is 18.7 Å². The van der Waals surface area contributed by atoms with Crippen molar-refractivity contribution < 1.29 is 5.11 Å². The van der Waals surface area contributed by atoms with Gasteiger partial charge in [-0.15, -0.1) is 0 Å². The first-order chi connectivity index (χ1) is 7.33. The van der Waals surface area contributed by atoms with Crippen LogP contribution in [-0.2, 0) is 13.5 Å². The highest BCUT2D eigenvalue weighted by atomic mass is 16.2. The van der Waals surface area contributed by atoms with Gasteiger partial charge in [0.25, 0.3) is 0 Å². The second kappa shape index (κ2) is 4.40. The Labute approximate surface area is 88.6 Å². The fourth-order valence-electron chi connectivity index (χ4n) is 1.72. The van der Waals surface area contributed by atoms with Gasteiger partial charge in [0.15, 0.2) is 0 Å². The molecule has 0 amide bonds. The number of fused-ring (bicyclic) bond motifs is 1. The van der Waals surface area contributed by atoms with E-state index in [1.54, 1.807) is 12.4 Å². The third kappa shape index (κ3) is 1.99. The van der Waals surface area contributed by atoms with Crippen LogP contribution in [0, 0.1) is 0 Å². The quantitative estimate of drug-likeness (QED) is 0.765. The number of aliphatic hydroxyl groups is 1. The van der Waals surface area contributed by atoms with Gasteiger partial charge in [0.2, 0.25) is 0 Å². The molecule has 0 atom stereocenters. The summed E-state index contributed by atoms with van der Waals surface area (Å²) in [6, 6.07) is 1.97. The summed E-state index contributed by atoms with van der Waals surface area (Å²) in [5, 5.41) is 8.72. The minimum absolute atomic E-state index is 0.255. The minimum Gasteiger partial charge on any atom is -0.396 e. The normalized spacial score (nSPS) is 11.1. The summed E-state index contributed by atoms with van der Waals surface area (Å²) in [4.78, 5) is 8.55. The Morgan fingerprint density at radius 2 is 2.27 bits per heavy atom. The van der Waals surface area contributed by atoms with E-state index >= 15 is 0 Å². The van der Waals surface area contributed by atoms with Crippen molar-refractivity contribution >= 4 is 11.0 Å². The molecule has 0 fully saturated rings. The zero-order chi connectivity index (χ0) is 10.7. The number of nitrogens with zero attached hydrogens (tertiary/aromatic N) is 3. The highest BCUT2D eigenvalue weighted by molar-refractivity contribution is 5.74. The summed E-state index contributed by atoms with van der Waals surface area (Å²) >= 11 is 0. The number of pyridine rings is 1. The van der Waals surface area contributed by atoms with Gasteiger partial charge in [-0.05, 0) is 18.9 Å². The molecule has 0 aliphatic rings. The molecular weight excluding hydrogens is 190 g/mol. The van der Waals surface area contributed by atoms with Crippen LogP contribution in [0.15, 0.2) is 18.5 Å². The van der Waals surface area contributed by atoms with E-state index in [0.29, 0.717) is 0 Å². The van der Waals surface area contributed by atoms with E-state index < -0.39 is 0 Å². The number of unbranched alkanes of at least 4 members (excludes halogenated alkanes) is 1. The number of rotatable bonds is 4. The maximum Gasteiger partial charge on any atom is 0.109 e. The van der Waals surface area contributed by atoms with Crippen molar-refractivity contribution in [3.63, 3.8) is 0 Å². The van der Waals surface area contributed by atoms with Crippen LogP contribution < -0.4 is 0 Å². The lowest BCUT2D eigenvalue weighted by Gasteiger charge is -2.00. The van der Waals surface area contributed by atoms with Gasteiger partial charge in [-0.2, -0.15) is 0 Å². The molecule has 2 aromatic heterocycles. The predicted octanol–water partition coefficient (Wildman–Crippen LogP) is 1.28. The van der Waals surface area contributed by atoms with Crippen LogP contribution >= 0.6 is 0 Å². The van der Waals surface area contributed by atoms with Crippen molar-refractivity contribution in [1.29, 1.82) is 0 Å². The molecule has 2 aromatic rings. The molecule has 2 heterocycles. The van der Waals surface area contributed by atoms with Crippen molar-refractivity contribution in [2.45, 2.75) is 19.3 Å². The zero-order valence-electron chi connectivity index (χ0n) is 8.85. The van der Waals surface area contributed by atoms with Gasteiger partial charge >= 0.3 is 0 Å². The minimum atomic E-state index is 0.255. The molecule has 0 bridgehead atoms. The number of aromatic nitrogens is 3. The maximum atomic E-state index is 8.72. The molecule has 15 heavy (non-hydrogen) atoms. The summed E-state index contributed by atoms with van der Waals surface area (Å²) < 4.78 is 2.09. The van der Waals surface area contributed by atoms with E-state index in [9.17, 15) is 0 Å². The molecule has 1 N–H and O–H groups in total. The molecule has 4 nitrogen and oxygen atoms in total. The van der Waals surface area contributed by atoms with Gasteiger partial charge in [-0.3, -0.25) is 4.98 Å². The number of imidazole rings is 1. The van der Waals surface area contributed by atoms with Gasteiger partial charge in [0, 0.05) is 26.3 Å². The van der Waals surface area contributed by atoms with Crippen molar-refractivity contribution in [3.05, 3.63) is 24.3 Å². The second-order valence-corrected chi connectivity index (χ2v) is 3.63. The third-order valence-corrected chi connectivity index (χ3v) is 2.58. The van der Waals surface area contributed by atoms with Gasteiger partial charge in [-0.1, -0.05) is 0 Å². The van der Waals surface area contributed by atoms with E-state index in [-0.39, 0.29) is 6.61 Å². The smallest absolute Gasteiger partial charge is 0.109 e. The molecule has 0 radical (unpaired) electrons. The van der Waals surface area contributed by atoms with Gasteiger partial charge in [0.05, 0.1) is 11.7 Å². The third-order valence-electron chi connectivity index (χ3n) is 2.58. The van der Waals surface area contributed by atoms with Crippen molar-refractivity contribution in [2.24, 2.45) is 7.05 Å². The Morgan fingerprint density at radius 3 is 3.00 bits per heavy atom. The molecule has 0 aliphatic heterocycles. The fourth-order valence-corrected chi connectivity index (χ4v) is 1.72. The second-order valence-electron chi connectivity index (χ2n) is 3.63. The van der Waals surface area contributed by atoms with Crippen LogP contribution in [0.2, 0.25) is 0 Å². The van der Waals surface area contributed by atoms with Gasteiger partial charge in [0.1, 0.15) is 11.3 Å². The van der Waals surface area contributed by atoms with Gasteiger partial charge in [-0.25, -0.2) is 4.98 Å². The molecule has 0 unspecified atom stereocenters. The summed E-state index contributed by atoms with van der Waals surface area (Å²) in [5.74, 6) is 1.06. The monoisotopic (exact) mass is 205 g/mol. The number of hydrogen-bond donors (Lipinski definition) is 1. The van der Waals surface area contributed by atoms with E-state index in [1.165, 1.54) is 0 Å². The van der Waals surface area contributed by atoms with Crippen LogP contribution in [0.3, 0.4) is 0 Å². The topological polar surface area (TPSA) is 50.9 Å². The standard InChI is InChI=1S/C11H15N3O/c1-14-10-5-6-12-8-9(10)13-11(14)4-2-3-7-15/h5-6,8,15H,2-4,7H2,1H3. The molecule has 0 spiro atoms. The summed E-state index contributed by atoms with van der Waals surface area (Å²) in [5.41, 5.74) is 2.06. The first-order valence-electron chi connectivity index (χ1n) is 5.19. The summed E-state index contributed by atoms with van der Waals surface area (Å²) in [7, 11) is 2.02. The summed E-state index contributed by atoms with van der Waals surface area (Å²) in [6.07, 6.45) is 6.28. The van der Waals surface area contributed by atoms with E-state index in [2.05, 4.69) is 14.5 Å². The molecule has 2 rings (SSSR count). The largest absolute Gasteiger partial charge is 0.396 e. The van der Waals surface area contributed by atoms with Crippen LogP contribution in [-0.4, -0.2) is 26.2 Å². The lowest BCUT2D eigenvalue weighted by Crippen LogP contribution is -1.98. The van der Waals surface area contributed by atoms with Crippen molar-refractivity contribution in [3.8, 4) is 0 Å². The SMILES string of the molecule is Cn1c(CCCCO)nc2cnccc21. The fraction of sp³-hybridized carbons (Fsp3) is 0.455. The average molecular weight is 205 g/mol. The Morgan fingerprint density at radius 1 is 1.40 bits per heavy atom. The highest BCUT2D eigenvalue weighted by Gasteiger charge is 2.06. The number of aliphatic hydroxyl groups excluding tert-OH is 1. The first kappa shape index (κ1) is 10.1. The summed E-state index contributed by atoms with van der Waals surface area (Å²) in [6.45, 7) is 0.255. The Hall–Kier alpha value is -1.42. The van der Waals surface area contributed by atoms with E-state index in [1.807, 2.05) is 13.1 Å². The Kier molecular flexibility index (Phi) is 2.97. The predicted molar refractivity (Wildman–Crippen MR) is 58.5 cm³/mol. The van der Waals surface area contributed by atoms with E-state index in [0.717, 1.165) is 36.1 Å². The van der Waals surface area contributed by atoms with Crippen LogP contribution in [0.5, 0.6) is 0 Å². The average Bonchev–Trinajstić information content (AvgIpc) is 2.57. The Balaban J connectivity index is 2.24. The molecule has 80 valence electrons. The molecule has 0 aliphatic carbocycles. The maximum absolute atomic E-state index is 8.72. The Bertz CT molecular complexity index is 450. The van der Waals surface area contributed by atoms with Crippen molar-refractivity contribution in [1.82, 2.24) is 14.5 Å². The molecule has 0 saturated carbocycles. The van der Waals surface area contributed by atoms with E-state index in [4.69, 9.17) is 5.11 Å². The molecule has 4 heteroatoms. The first-order valence-corrected chi connectivity index (χ1v) is 5.19. The molecule has 0 aromatic carbocycles. The highest BCUT2D eigenvalue weighted by Crippen LogP contribution is 2.14. The molecule has 0 saturated heterocycles. The van der Waals surface area contributed by atoms with Crippen molar-refractivity contribution in [2.75, 3.05) is 6.61 Å². The molecular formula is C11H15N3O. The van der Waals surface area contributed by atoms with Crippen LogP contribution in [0.4, 0.5) is 0 Å². The number of aryl methyl sites for hydroxylation is 2. The lowest BCUT2D eigenvalue weighted by molar-refractivity contribution is 0.284. The zero-order valence-corrected chi connectivity index (χ0v) is 8.85. The lowest BCUT2D eigenvalue weighted by atomic mass is 10.2. The van der Waals surface area contributed by atoms with Crippen LogP contribution in [0.25, 0.3) is 11.0 Å². The number of hydrogen-bond acceptors (Lipinski definition) is 3.